The van der Waals surface area contributed by atoms with Crippen molar-refractivity contribution in [1.82, 2.24) is 0 Å². The van der Waals surface area contributed by atoms with Gasteiger partial charge in [-0.3, -0.25) is 10.1 Å². The SMILES string of the molecule is O=[N+]([O-])c1[c]c2ccccc2cc1Cl. The molecule has 0 heterocycles. The molecule has 0 aliphatic rings. The van der Waals surface area contributed by atoms with Gasteiger partial charge in [-0.25, -0.2) is 0 Å². The summed E-state index contributed by atoms with van der Waals surface area (Å²) in [5, 5.41) is 12.2. The third kappa shape index (κ3) is 1.42. The van der Waals surface area contributed by atoms with Crippen LogP contribution in [0, 0.1) is 16.2 Å². The number of nitro benzene ring substituents is 1. The Labute approximate surface area is 85.1 Å². The van der Waals surface area contributed by atoms with E-state index in [0.717, 1.165) is 5.39 Å². The van der Waals surface area contributed by atoms with E-state index >= 15 is 0 Å². The van der Waals surface area contributed by atoms with Gasteiger partial charge in [-0.05, 0) is 16.8 Å². The summed E-state index contributed by atoms with van der Waals surface area (Å²) in [6.45, 7) is 0. The molecule has 0 bridgehead atoms. The lowest BCUT2D eigenvalue weighted by molar-refractivity contribution is -0.384. The number of hydrogen-bond acceptors (Lipinski definition) is 2. The van der Waals surface area contributed by atoms with Crippen molar-refractivity contribution in [2.75, 3.05) is 0 Å². The van der Waals surface area contributed by atoms with Crippen LogP contribution in [-0.4, -0.2) is 4.92 Å². The largest absolute Gasteiger partial charge is 0.296 e. The summed E-state index contributed by atoms with van der Waals surface area (Å²) < 4.78 is 0. The second-order valence-electron chi connectivity index (χ2n) is 2.81. The molecule has 0 amide bonds. The fourth-order valence-corrected chi connectivity index (χ4v) is 1.50. The third-order valence-corrected chi connectivity index (χ3v) is 2.19. The Kier molecular flexibility index (Phi) is 2.09. The van der Waals surface area contributed by atoms with E-state index in [1.54, 1.807) is 18.2 Å². The Hall–Kier alpha value is -1.61. The first kappa shape index (κ1) is 8.97. The molecule has 2 aromatic rings. The number of hydrogen-bond donors (Lipinski definition) is 0. The molecule has 0 N–H and O–H groups in total. The van der Waals surface area contributed by atoms with Gasteiger partial charge in [0.05, 0.1) is 11.0 Å². The highest BCUT2D eigenvalue weighted by Crippen LogP contribution is 2.28. The fraction of sp³-hybridized carbons (Fsp3) is 0. The number of nitro groups is 1. The highest BCUT2D eigenvalue weighted by Gasteiger charge is 2.13. The predicted octanol–water partition coefficient (Wildman–Crippen LogP) is 3.20. The Morgan fingerprint density at radius 2 is 2.07 bits per heavy atom. The second kappa shape index (κ2) is 3.27. The van der Waals surface area contributed by atoms with Gasteiger partial charge < -0.3 is 0 Å². The lowest BCUT2D eigenvalue weighted by Crippen LogP contribution is -1.89. The Morgan fingerprint density at radius 1 is 1.36 bits per heavy atom. The van der Waals surface area contributed by atoms with Crippen molar-refractivity contribution in [3.05, 3.63) is 51.5 Å². The lowest BCUT2D eigenvalue weighted by Gasteiger charge is -1.98. The van der Waals surface area contributed by atoms with Crippen LogP contribution in [0.15, 0.2) is 30.3 Å². The average Bonchev–Trinajstić information content (AvgIpc) is 2.16. The normalized spacial score (nSPS) is 10.4. The van der Waals surface area contributed by atoms with Crippen LogP contribution in [0.5, 0.6) is 0 Å². The van der Waals surface area contributed by atoms with Crippen molar-refractivity contribution in [1.29, 1.82) is 0 Å². The summed E-state index contributed by atoms with van der Waals surface area (Å²) in [5.74, 6) is 0. The number of halogens is 1. The zero-order valence-electron chi connectivity index (χ0n) is 7.03. The first-order chi connectivity index (χ1) is 6.68. The van der Waals surface area contributed by atoms with Crippen LogP contribution >= 0.6 is 11.6 Å². The molecule has 0 fully saturated rings. The topological polar surface area (TPSA) is 43.1 Å². The number of nitrogens with zero attached hydrogens (tertiary/aromatic N) is 1. The van der Waals surface area contributed by atoms with Gasteiger partial charge in [0.2, 0.25) is 0 Å². The molecular formula is C10H5ClNO2. The quantitative estimate of drug-likeness (QED) is 0.531. The summed E-state index contributed by atoms with van der Waals surface area (Å²) in [6, 6.07) is 11.5. The number of fused-ring (bicyclic) bond motifs is 1. The maximum Gasteiger partial charge on any atom is 0.296 e. The average molecular weight is 207 g/mol. The van der Waals surface area contributed by atoms with Crippen LogP contribution in [-0.2, 0) is 0 Å². The maximum atomic E-state index is 10.6. The minimum Gasteiger partial charge on any atom is -0.258 e. The molecule has 0 atom stereocenters. The van der Waals surface area contributed by atoms with E-state index in [9.17, 15) is 10.1 Å². The second-order valence-corrected chi connectivity index (χ2v) is 3.22. The van der Waals surface area contributed by atoms with Crippen molar-refractivity contribution in [2.45, 2.75) is 0 Å². The molecule has 2 aromatic carbocycles. The zero-order valence-corrected chi connectivity index (χ0v) is 7.78. The van der Waals surface area contributed by atoms with Gasteiger partial charge in [0.1, 0.15) is 5.02 Å². The molecule has 4 heteroatoms. The molecule has 0 spiro atoms. The molecule has 14 heavy (non-hydrogen) atoms. The first-order valence-corrected chi connectivity index (χ1v) is 4.31. The minimum absolute atomic E-state index is 0.119. The molecule has 2 rings (SSSR count). The van der Waals surface area contributed by atoms with Crippen LogP contribution < -0.4 is 0 Å². The summed E-state index contributed by atoms with van der Waals surface area (Å²) in [7, 11) is 0. The Bertz CT molecular complexity index is 510. The van der Waals surface area contributed by atoms with E-state index in [2.05, 4.69) is 6.07 Å². The van der Waals surface area contributed by atoms with Gasteiger partial charge >= 0.3 is 0 Å². The number of benzene rings is 2. The highest BCUT2D eigenvalue weighted by atomic mass is 35.5. The maximum absolute atomic E-state index is 10.6. The van der Waals surface area contributed by atoms with Crippen molar-refractivity contribution in [3.63, 3.8) is 0 Å². The number of rotatable bonds is 1. The molecule has 69 valence electrons. The van der Waals surface area contributed by atoms with E-state index in [0.29, 0.717) is 5.39 Å². The third-order valence-electron chi connectivity index (χ3n) is 1.90. The van der Waals surface area contributed by atoms with Crippen LogP contribution in [0.25, 0.3) is 10.8 Å². The van der Waals surface area contributed by atoms with Gasteiger partial charge in [-0.1, -0.05) is 35.9 Å². The fourth-order valence-electron chi connectivity index (χ4n) is 1.26. The highest BCUT2D eigenvalue weighted by molar-refractivity contribution is 6.33. The molecule has 0 aliphatic heterocycles. The lowest BCUT2D eigenvalue weighted by atomic mass is 10.1. The van der Waals surface area contributed by atoms with Gasteiger partial charge in [0, 0.05) is 0 Å². The van der Waals surface area contributed by atoms with Crippen LogP contribution in [0.1, 0.15) is 0 Å². The zero-order chi connectivity index (χ0) is 10.1. The monoisotopic (exact) mass is 206 g/mol. The Balaban J connectivity index is 2.77. The summed E-state index contributed by atoms with van der Waals surface area (Å²) in [4.78, 5) is 10.0. The van der Waals surface area contributed by atoms with Gasteiger partial charge in [0.15, 0.2) is 0 Å². The standard InChI is InChI=1S/C10H5ClNO2/c11-9-5-7-3-1-2-4-8(7)6-10(9)12(13)14/h1-5H. The smallest absolute Gasteiger partial charge is 0.258 e. The summed E-state index contributed by atoms with van der Waals surface area (Å²) >= 11 is 5.73. The van der Waals surface area contributed by atoms with Crippen LogP contribution in [0.4, 0.5) is 5.69 Å². The van der Waals surface area contributed by atoms with Crippen molar-refractivity contribution in [3.8, 4) is 0 Å². The molecule has 0 unspecified atom stereocenters. The molecule has 1 radical (unpaired) electrons. The van der Waals surface area contributed by atoms with Crippen molar-refractivity contribution < 1.29 is 4.92 Å². The molecule has 0 saturated carbocycles. The molecule has 0 aromatic heterocycles. The summed E-state index contributed by atoms with van der Waals surface area (Å²) in [6.07, 6.45) is 0. The molecule has 3 nitrogen and oxygen atoms in total. The van der Waals surface area contributed by atoms with Gasteiger partial charge in [-0.15, -0.1) is 0 Å². The van der Waals surface area contributed by atoms with E-state index in [1.807, 2.05) is 12.1 Å². The van der Waals surface area contributed by atoms with Crippen LogP contribution in [0.3, 0.4) is 0 Å². The molecule has 0 saturated heterocycles. The van der Waals surface area contributed by atoms with E-state index in [1.165, 1.54) is 0 Å². The molecule has 0 aliphatic carbocycles. The van der Waals surface area contributed by atoms with Gasteiger partial charge in [-0.2, -0.15) is 0 Å². The van der Waals surface area contributed by atoms with E-state index < -0.39 is 4.92 Å². The van der Waals surface area contributed by atoms with Crippen molar-refractivity contribution in [2.24, 2.45) is 0 Å². The van der Waals surface area contributed by atoms with E-state index in [4.69, 9.17) is 11.6 Å². The molecular weight excluding hydrogens is 202 g/mol. The Morgan fingerprint density at radius 3 is 2.79 bits per heavy atom. The van der Waals surface area contributed by atoms with Gasteiger partial charge in [0.25, 0.3) is 5.69 Å². The predicted molar refractivity (Wildman–Crippen MR) is 54.4 cm³/mol. The van der Waals surface area contributed by atoms with Crippen molar-refractivity contribution >= 4 is 28.1 Å². The minimum atomic E-state index is -0.533. The first-order valence-electron chi connectivity index (χ1n) is 3.93. The summed E-state index contributed by atoms with van der Waals surface area (Å²) in [5.41, 5.74) is -0.176. The van der Waals surface area contributed by atoms with Crippen LogP contribution in [0.2, 0.25) is 5.02 Å². The van der Waals surface area contributed by atoms with E-state index in [-0.39, 0.29) is 10.7 Å².